The van der Waals surface area contributed by atoms with Gasteiger partial charge in [0.1, 0.15) is 5.82 Å². The molecule has 0 spiro atoms. The Morgan fingerprint density at radius 2 is 2.30 bits per heavy atom. The number of aliphatic hydroxyl groups excluding tert-OH is 1. The molecule has 2 unspecified atom stereocenters. The number of halogens is 3. The first-order valence-corrected chi connectivity index (χ1v) is 7.52. The number of aliphatic hydroxyl groups is 1. The first-order chi connectivity index (χ1) is 10.8. The smallest absolute Gasteiger partial charge is 0.392 e. The van der Waals surface area contributed by atoms with E-state index < -0.39 is 23.8 Å². The Labute approximate surface area is 132 Å². The van der Waals surface area contributed by atoms with Crippen molar-refractivity contribution < 1.29 is 23.1 Å². The van der Waals surface area contributed by atoms with Gasteiger partial charge >= 0.3 is 6.18 Å². The number of alkyl halides is 3. The normalized spacial score (nSPS) is 20.2. The maximum absolute atomic E-state index is 13.1. The summed E-state index contributed by atoms with van der Waals surface area (Å²) in [6.45, 7) is 2.30. The Morgan fingerprint density at radius 3 is 2.96 bits per heavy atom. The van der Waals surface area contributed by atoms with Gasteiger partial charge in [0, 0.05) is 25.8 Å². The van der Waals surface area contributed by atoms with Gasteiger partial charge in [-0.2, -0.15) is 13.2 Å². The summed E-state index contributed by atoms with van der Waals surface area (Å²) in [6, 6.07) is 2.25. The predicted molar refractivity (Wildman–Crippen MR) is 78.9 cm³/mol. The minimum atomic E-state index is -4.48. The van der Waals surface area contributed by atoms with Gasteiger partial charge in [-0.1, -0.05) is 0 Å². The summed E-state index contributed by atoms with van der Waals surface area (Å²) in [5.74, 6) is -0.793. The second kappa shape index (κ2) is 7.16. The number of carbonyl (C=O) groups is 1. The van der Waals surface area contributed by atoms with E-state index in [1.807, 2.05) is 0 Å². The highest BCUT2D eigenvalue weighted by Crippen LogP contribution is 2.36. The minimum Gasteiger partial charge on any atom is -0.392 e. The van der Waals surface area contributed by atoms with Crippen LogP contribution in [0.15, 0.2) is 18.3 Å². The highest BCUT2D eigenvalue weighted by molar-refractivity contribution is 5.79. The molecule has 1 aromatic heterocycles. The molecule has 2 heterocycles. The zero-order valence-electron chi connectivity index (χ0n) is 12.8. The molecule has 2 atom stereocenters. The molecule has 0 saturated carbocycles. The Balaban J connectivity index is 2.11. The van der Waals surface area contributed by atoms with Gasteiger partial charge in [-0.25, -0.2) is 4.98 Å². The van der Waals surface area contributed by atoms with Crippen LogP contribution >= 0.6 is 0 Å². The number of piperidine rings is 1. The van der Waals surface area contributed by atoms with Crippen molar-refractivity contribution in [2.45, 2.75) is 32.0 Å². The summed E-state index contributed by atoms with van der Waals surface area (Å²) >= 11 is 0. The van der Waals surface area contributed by atoms with E-state index in [2.05, 4.69) is 10.3 Å². The summed E-state index contributed by atoms with van der Waals surface area (Å²) < 4.78 is 39.3. The molecule has 0 bridgehead atoms. The van der Waals surface area contributed by atoms with E-state index in [4.69, 9.17) is 0 Å². The van der Waals surface area contributed by atoms with Gasteiger partial charge < -0.3 is 15.3 Å². The topological polar surface area (TPSA) is 65.5 Å². The predicted octanol–water partition coefficient (Wildman–Crippen LogP) is 1.81. The fraction of sp³-hybridized carbons (Fsp3) is 0.600. The molecule has 1 saturated heterocycles. The van der Waals surface area contributed by atoms with Crippen molar-refractivity contribution >= 4 is 11.7 Å². The van der Waals surface area contributed by atoms with Crippen LogP contribution in [0, 0.1) is 5.92 Å². The molecule has 8 heteroatoms. The monoisotopic (exact) mass is 331 g/mol. The van der Waals surface area contributed by atoms with Gasteiger partial charge in [0.15, 0.2) is 0 Å². The summed E-state index contributed by atoms with van der Waals surface area (Å²) in [5, 5.41) is 11.8. The lowest BCUT2D eigenvalue weighted by Crippen LogP contribution is -2.45. The van der Waals surface area contributed by atoms with Crippen molar-refractivity contribution in [3.05, 3.63) is 23.9 Å². The van der Waals surface area contributed by atoms with Crippen LogP contribution in [0.4, 0.5) is 19.0 Å². The van der Waals surface area contributed by atoms with Crippen molar-refractivity contribution in [3.63, 3.8) is 0 Å². The third-order valence-electron chi connectivity index (χ3n) is 3.76. The fourth-order valence-electron chi connectivity index (χ4n) is 2.65. The molecule has 1 aliphatic rings. The molecule has 0 aromatic carbocycles. The average Bonchev–Trinajstić information content (AvgIpc) is 2.52. The number of nitrogens with one attached hydrogen (secondary N) is 1. The first kappa shape index (κ1) is 17.5. The highest BCUT2D eigenvalue weighted by atomic mass is 19.4. The quantitative estimate of drug-likeness (QED) is 0.883. The van der Waals surface area contributed by atoms with E-state index in [0.717, 1.165) is 6.07 Å². The van der Waals surface area contributed by atoms with Crippen LogP contribution in [-0.4, -0.2) is 41.7 Å². The number of hydrogen-bond donors (Lipinski definition) is 2. The third kappa shape index (κ3) is 4.57. The van der Waals surface area contributed by atoms with Crippen LogP contribution in [0.25, 0.3) is 0 Å². The van der Waals surface area contributed by atoms with Crippen LogP contribution < -0.4 is 10.2 Å². The lowest BCUT2D eigenvalue weighted by molar-refractivity contribution is -0.137. The lowest BCUT2D eigenvalue weighted by atomic mass is 9.96. The van der Waals surface area contributed by atoms with Crippen LogP contribution in [0.1, 0.15) is 25.3 Å². The number of pyridine rings is 1. The molecule has 23 heavy (non-hydrogen) atoms. The molecular formula is C15H20F3N3O2. The Kier molecular flexibility index (Phi) is 5.46. The zero-order chi connectivity index (χ0) is 17.0. The van der Waals surface area contributed by atoms with E-state index >= 15 is 0 Å². The average molecular weight is 331 g/mol. The molecule has 5 nitrogen and oxygen atoms in total. The van der Waals surface area contributed by atoms with E-state index in [9.17, 15) is 23.1 Å². The Hall–Kier alpha value is -1.83. The highest BCUT2D eigenvalue weighted by Gasteiger charge is 2.37. The third-order valence-corrected chi connectivity index (χ3v) is 3.76. The van der Waals surface area contributed by atoms with Gasteiger partial charge in [0.05, 0.1) is 17.6 Å². The molecule has 1 amide bonds. The van der Waals surface area contributed by atoms with Crippen molar-refractivity contribution in [1.82, 2.24) is 10.3 Å². The van der Waals surface area contributed by atoms with E-state index in [-0.39, 0.29) is 24.8 Å². The minimum absolute atomic E-state index is 0.131. The number of rotatable bonds is 4. The second-order valence-corrected chi connectivity index (χ2v) is 5.75. The Bertz CT molecular complexity index is 549. The van der Waals surface area contributed by atoms with Crippen molar-refractivity contribution in [2.75, 3.05) is 24.5 Å². The van der Waals surface area contributed by atoms with Gasteiger partial charge in [-0.15, -0.1) is 0 Å². The second-order valence-electron chi connectivity index (χ2n) is 5.75. The SMILES string of the molecule is CC(O)CNC(=O)C1CCCN(c2ncccc2C(F)(F)F)C1. The van der Waals surface area contributed by atoms with E-state index in [0.29, 0.717) is 19.4 Å². The van der Waals surface area contributed by atoms with Crippen LogP contribution in [-0.2, 0) is 11.0 Å². The van der Waals surface area contributed by atoms with Gasteiger partial charge in [-0.05, 0) is 31.9 Å². The zero-order valence-corrected chi connectivity index (χ0v) is 12.8. The first-order valence-electron chi connectivity index (χ1n) is 7.52. The van der Waals surface area contributed by atoms with Crippen LogP contribution in [0.3, 0.4) is 0 Å². The lowest BCUT2D eigenvalue weighted by Gasteiger charge is -2.34. The molecule has 1 fully saturated rings. The maximum atomic E-state index is 13.1. The molecule has 128 valence electrons. The summed E-state index contributed by atoms with van der Waals surface area (Å²) in [4.78, 5) is 17.5. The molecule has 2 N–H and O–H groups in total. The van der Waals surface area contributed by atoms with Gasteiger partial charge in [0.2, 0.25) is 5.91 Å². The molecule has 2 rings (SSSR count). The van der Waals surface area contributed by atoms with Crippen LogP contribution in [0.2, 0.25) is 0 Å². The van der Waals surface area contributed by atoms with Crippen LogP contribution in [0.5, 0.6) is 0 Å². The van der Waals surface area contributed by atoms with Gasteiger partial charge in [0.25, 0.3) is 0 Å². The number of carbonyl (C=O) groups excluding carboxylic acids is 1. The fourth-order valence-corrected chi connectivity index (χ4v) is 2.65. The van der Waals surface area contributed by atoms with E-state index in [1.54, 1.807) is 6.92 Å². The number of aromatic nitrogens is 1. The summed E-state index contributed by atoms with van der Waals surface area (Å²) in [7, 11) is 0. The molecule has 0 radical (unpaired) electrons. The standard InChI is InChI=1S/C15H20F3N3O2/c1-10(22)8-20-14(23)11-4-3-7-21(9-11)13-12(15(16,17)18)5-2-6-19-13/h2,5-6,10-11,22H,3-4,7-9H2,1H3,(H,20,23). The number of anilines is 1. The van der Waals surface area contributed by atoms with Crippen molar-refractivity contribution in [2.24, 2.45) is 5.92 Å². The Morgan fingerprint density at radius 1 is 1.57 bits per heavy atom. The molecule has 1 aromatic rings. The summed E-state index contributed by atoms with van der Waals surface area (Å²) in [6.07, 6.45) is -2.60. The molecule has 1 aliphatic heterocycles. The molecule has 0 aliphatic carbocycles. The maximum Gasteiger partial charge on any atom is 0.419 e. The summed E-state index contributed by atoms with van der Waals surface area (Å²) in [5.41, 5.74) is -0.787. The van der Waals surface area contributed by atoms with Crippen molar-refractivity contribution in [3.8, 4) is 0 Å². The van der Waals surface area contributed by atoms with Gasteiger partial charge in [-0.3, -0.25) is 4.79 Å². The number of hydrogen-bond acceptors (Lipinski definition) is 4. The number of nitrogens with zero attached hydrogens (tertiary/aromatic N) is 2. The number of amides is 1. The van der Waals surface area contributed by atoms with Crippen molar-refractivity contribution in [1.29, 1.82) is 0 Å². The largest absolute Gasteiger partial charge is 0.419 e. The molecular weight excluding hydrogens is 311 g/mol. The van der Waals surface area contributed by atoms with E-state index in [1.165, 1.54) is 17.2 Å².